The Bertz CT molecular complexity index is 611. The number of nitrogens with zero attached hydrogens (tertiary/aromatic N) is 4. The Labute approximate surface area is 115 Å². The molecule has 0 bridgehead atoms. The summed E-state index contributed by atoms with van der Waals surface area (Å²) in [5, 5.41) is 18.8. The van der Waals surface area contributed by atoms with Gasteiger partial charge in [-0.3, -0.25) is 10.1 Å². The van der Waals surface area contributed by atoms with Gasteiger partial charge in [0.15, 0.2) is 0 Å². The van der Waals surface area contributed by atoms with Crippen molar-refractivity contribution in [2.45, 2.75) is 12.8 Å². The van der Waals surface area contributed by atoms with E-state index in [0.29, 0.717) is 24.4 Å². The summed E-state index contributed by atoms with van der Waals surface area (Å²) in [4.78, 5) is 10.4. The van der Waals surface area contributed by atoms with E-state index < -0.39 is 4.92 Å². The summed E-state index contributed by atoms with van der Waals surface area (Å²) in [6.45, 7) is 0.576. The number of aromatic nitrogens is 3. The molecule has 1 heterocycles. The van der Waals surface area contributed by atoms with Crippen LogP contribution in [0.1, 0.15) is 12.1 Å². The van der Waals surface area contributed by atoms with Gasteiger partial charge >= 0.3 is 0 Å². The van der Waals surface area contributed by atoms with Crippen molar-refractivity contribution in [3.8, 4) is 11.4 Å². The van der Waals surface area contributed by atoms with Gasteiger partial charge < -0.3 is 10.5 Å². The van der Waals surface area contributed by atoms with E-state index in [4.69, 9.17) is 10.5 Å². The molecule has 1 aromatic heterocycles. The largest absolute Gasteiger partial charge is 0.494 e. The third kappa shape index (κ3) is 2.91. The highest BCUT2D eigenvalue weighted by Crippen LogP contribution is 2.26. The number of nitro benzene ring substituents is 1. The van der Waals surface area contributed by atoms with E-state index in [0.717, 1.165) is 12.1 Å². The molecule has 2 aromatic rings. The monoisotopic (exact) mass is 277 g/mol. The van der Waals surface area contributed by atoms with Gasteiger partial charge in [-0.2, -0.15) is 0 Å². The zero-order valence-corrected chi connectivity index (χ0v) is 11.0. The van der Waals surface area contributed by atoms with Crippen molar-refractivity contribution in [3.05, 3.63) is 40.2 Å². The Balaban J connectivity index is 2.36. The maximum atomic E-state index is 10.8. The molecule has 2 N–H and O–H groups in total. The van der Waals surface area contributed by atoms with Crippen molar-refractivity contribution in [1.29, 1.82) is 0 Å². The number of hydrogen-bond acceptors (Lipinski definition) is 6. The highest BCUT2D eigenvalue weighted by molar-refractivity contribution is 5.53. The van der Waals surface area contributed by atoms with Gasteiger partial charge in [0.25, 0.3) is 5.69 Å². The smallest absolute Gasteiger partial charge is 0.271 e. The number of nitrogens with two attached hydrogens (primary N) is 1. The molecule has 0 saturated heterocycles. The topological polar surface area (TPSA) is 109 Å². The molecule has 0 radical (unpaired) electrons. The molecule has 0 spiro atoms. The van der Waals surface area contributed by atoms with E-state index in [1.807, 2.05) is 0 Å². The number of benzene rings is 1. The Morgan fingerprint density at radius 1 is 1.50 bits per heavy atom. The van der Waals surface area contributed by atoms with Crippen LogP contribution in [0.25, 0.3) is 5.69 Å². The molecule has 0 aliphatic carbocycles. The highest BCUT2D eigenvalue weighted by Gasteiger charge is 2.14. The van der Waals surface area contributed by atoms with E-state index in [1.165, 1.54) is 30.0 Å². The van der Waals surface area contributed by atoms with Gasteiger partial charge in [-0.15, -0.1) is 5.10 Å². The summed E-state index contributed by atoms with van der Waals surface area (Å²) in [6, 6.07) is 4.32. The lowest BCUT2D eigenvalue weighted by Crippen LogP contribution is -2.01. The number of aryl methyl sites for hydroxylation is 1. The minimum atomic E-state index is -0.463. The predicted octanol–water partition coefficient (Wildman–Crippen LogP) is 1.08. The van der Waals surface area contributed by atoms with Crippen LogP contribution >= 0.6 is 0 Å². The third-order valence-corrected chi connectivity index (χ3v) is 2.80. The van der Waals surface area contributed by atoms with Crippen molar-refractivity contribution in [1.82, 2.24) is 15.0 Å². The van der Waals surface area contributed by atoms with Gasteiger partial charge in [0.2, 0.25) is 0 Å². The number of nitro groups is 1. The van der Waals surface area contributed by atoms with Gasteiger partial charge in [-0.1, -0.05) is 5.21 Å². The third-order valence-electron chi connectivity index (χ3n) is 2.80. The van der Waals surface area contributed by atoms with Gasteiger partial charge in [0.05, 0.1) is 23.9 Å². The molecule has 1 aromatic carbocycles. The number of non-ortho nitro benzene ring substituents is 1. The SMILES string of the molecule is COc1ccc([N+](=O)[O-])cc1-n1cc(CCCN)nn1. The Morgan fingerprint density at radius 3 is 2.95 bits per heavy atom. The van der Waals surface area contributed by atoms with Crippen LogP contribution in [0.3, 0.4) is 0 Å². The molecule has 0 fully saturated rings. The van der Waals surface area contributed by atoms with Crippen LogP contribution in [-0.2, 0) is 6.42 Å². The van der Waals surface area contributed by atoms with Crippen molar-refractivity contribution in [2.24, 2.45) is 5.73 Å². The van der Waals surface area contributed by atoms with Crippen LogP contribution in [-0.4, -0.2) is 33.6 Å². The first-order valence-electron chi connectivity index (χ1n) is 6.10. The van der Waals surface area contributed by atoms with E-state index >= 15 is 0 Å². The number of methoxy groups -OCH3 is 1. The normalized spacial score (nSPS) is 10.5. The lowest BCUT2D eigenvalue weighted by molar-refractivity contribution is -0.384. The lowest BCUT2D eigenvalue weighted by atomic mass is 10.2. The molecule has 0 atom stereocenters. The van der Waals surface area contributed by atoms with Crippen molar-refractivity contribution < 1.29 is 9.66 Å². The highest BCUT2D eigenvalue weighted by atomic mass is 16.6. The summed E-state index contributed by atoms with van der Waals surface area (Å²) in [6.07, 6.45) is 3.25. The molecular formula is C12H15N5O3. The summed E-state index contributed by atoms with van der Waals surface area (Å²) in [5.41, 5.74) is 6.68. The summed E-state index contributed by atoms with van der Waals surface area (Å²) < 4.78 is 6.66. The van der Waals surface area contributed by atoms with Crippen LogP contribution in [0.2, 0.25) is 0 Å². The maximum Gasteiger partial charge on any atom is 0.271 e. The molecule has 0 saturated carbocycles. The predicted molar refractivity (Wildman–Crippen MR) is 71.9 cm³/mol. The molecule has 106 valence electrons. The quantitative estimate of drug-likeness (QED) is 0.625. The summed E-state index contributed by atoms with van der Waals surface area (Å²) in [7, 11) is 1.50. The summed E-state index contributed by atoms with van der Waals surface area (Å²) >= 11 is 0. The molecular weight excluding hydrogens is 262 g/mol. The van der Waals surface area contributed by atoms with E-state index in [9.17, 15) is 10.1 Å². The van der Waals surface area contributed by atoms with Crippen LogP contribution in [0, 0.1) is 10.1 Å². The number of ether oxygens (including phenoxy) is 1. The van der Waals surface area contributed by atoms with Gasteiger partial charge in [0.1, 0.15) is 11.4 Å². The second-order valence-electron chi connectivity index (χ2n) is 4.16. The molecule has 0 amide bonds. The molecule has 0 aliphatic rings. The van der Waals surface area contributed by atoms with Gasteiger partial charge in [-0.05, 0) is 25.5 Å². The van der Waals surface area contributed by atoms with E-state index in [2.05, 4.69) is 10.3 Å². The second-order valence-corrected chi connectivity index (χ2v) is 4.16. The first-order valence-corrected chi connectivity index (χ1v) is 6.10. The van der Waals surface area contributed by atoms with Gasteiger partial charge in [0, 0.05) is 12.1 Å². The number of hydrogen-bond donors (Lipinski definition) is 1. The fourth-order valence-electron chi connectivity index (χ4n) is 1.78. The van der Waals surface area contributed by atoms with Crippen molar-refractivity contribution in [2.75, 3.05) is 13.7 Å². The fourth-order valence-corrected chi connectivity index (χ4v) is 1.78. The van der Waals surface area contributed by atoms with Crippen LogP contribution in [0.5, 0.6) is 5.75 Å². The van der Waals surface area contributed by atoms with Crippen LogP contribution < -0.4 is 10.5 Å². The zero-order chi connectivity index (χ0) is 14.5. The number of rotatable bonds is 6. The van der Waals surface area contributed by atoms with Gasteiger partial charge in [-0.25, -0.2) is 4.68 Å². The molecule has 2 rings (SSSR count). The average molecular weight is 277 g/mol. The van der Waals surface area contributed by atoms with Crippen molar-refractivity contribution >= 4 is 5.69 Å². The maximum absolute atomic E-state index is 10.8. The molecule has 8 heteroatoms. The van der Waals surface area contributed by atoms with Crippen molar-refractivity contribution in [3.63, 3.8) is 0 Å². The Kier molecular flexibility index (Phi) is 4.26. The first kappa shape index (κ1) is 13.9. The summed E-state index contributed by atoms with van der Waals surface area (Å²) in [5.74, 6) is 0.492. The van der Waals surface area contributed by atoms with E-state index in [1.54, 1.807) is 6.20 Å². The Hall–Kier alpha value is -2.48. The standard InChI is InChI=1S/C12H15N5O3/c1-20-12-5-4-10(17(18)19)7-11(12)16-8-9(14-15-16)3-2-6-13/h4-5,7-8H,2-3,6,13H2,1H3. The molecule has 20 heavy (non-hydrogen) atoms. The van der Waals surface area contributed by atoms with E-state index in [-0.39, 0.29) is 5.69 Å². The molecule has 0 aliphatic heterocycles. The Morgan fingerprint density at radius 2 is 2.30 bits per heavy atom. The minimum Gasteiger partial charge on any atom is -0.494 e. The molecule has 8 nitrogen and oxygen atoms in total. The zero-order valence-electron chi connectivity index (χ0n) is 11.0. The van der Waals surface area contributed by atoms with Crippen LogP contribution in [0.4, 0.5) is 5.69 Å². The first-order chi connectivity index (χ1) is 9.65. The lowest BCUT2D eigenvalue weighted by Gasteiger charge is -2.07. The van der Waals surface area contributed by atoms with Crippen LogP contribution in [0.15, 0.2) is 24.4 Å². The second kappa shape index (κ2) is 6.11. The average Bonchev–Trinajstić information content (AvgIpc) is 2.93. The fraction of sp³-hybridized carbons (Fsp3) is 0.333. The minimum absolute atomic E-state index is 0.0280. The molecule has 0 unspecified atom stereocenters.